The number of ether oxygens (including phenoxy) is 3. The first-order valence-electron chi connectivity index (χ1n) is 9.63. The van der Waals surface area contributed by atoms with Crippen LogP contribution in [0.25, 0.3) is 11.2 Å². The number of nitrogens with zero attached hydrogens (tertiary/aromatic N) is 4. The fourth-order valence-electron chi connectivity index (χ4n) is 3.45. The Balaban J connectivity index is 1.48. The van der Waals surface area contributed by atoms with Gasteiger partial charge in [0.05, 0.1) is 19.0 Å². The van der Waals surface area contributed by atoms with Gasteiger partial charge in [0.25, 0.3) is 5.17 Å². The van der Waals surface area contributed by atoms with Crippen LogP contribution in [0.3, 0.4) is 0 Å². The third-order valence-corrected chi connectivity index (χ3v) is 5.27. The Morgan fingerprint density at radius 2 is 2.23 bits per heavy atom. The van der Waals surface area contributed by atoms with E-state index < -0.39 is 24.5 Å². The van der Waals surface area contributed by atoms with Gasteiger partial charge in [-0.05, 0) is 18.6 Å². The van der Waals surface area contributed by atoms with Gasteiger partial charge in [-0.25, -0.2) is 15.0 Å². The number of hydrogen-bond donors (Lipinski definition) is 4. The Hall–Kier alpha value is -2.38. The van der Waals surface area contributed by atoms with Gasteiger partial charge in [-0.15, -0.1) is 6.58 Å². The van der Waals surface area contributed by atoms with E-state index in [4.69, 9.17) is 26.4 Å². The van der Waals surface area contributed by atoms with Crippen molar-refractivity contribution in [3.05, 3.63) is 25.3 Å². The van der Waals surface area contributed by atoms with Gasteiger partial charge in [-0.2, -0.15) is 0 Å². The summed E-state index contributed by atoms with van der Waals surface area (Å²) < 4.78 is 18.2. The molecule has 11 nitrogen and oxygen atoms in total. The SMILES string of the molecule is C=CCNC(=S)OCC1OC(n2cnc3c(N[C@@H]4CCOC4)ncnc32)C(O)C1O. The molecule has 2 aromatic heterocycles. The monoisotopic (exact) mass is 436 g/mol. The summed E-state index contributed by atoms with van der Waals surface area (Å²) in [7, 11) is 0. The number of rotatable bonds is 7. The molecular formula is C18H24N6O5S. The maximum absolute atomic E-state index is 10.5. The molecule has 30 heavy (non-hydrogen) atoms. The molecule has 0 spiro atoms. The Bertz CT molecular complexity index is 904. The summed E-state index contributed by atoms with van der Waals surface area (Å²) in [4.78, 5) is 13.0. The van der Waals surface area contributed by atoms with Crippen molar-refractivity contribution in [1.29, 1.82) is 0 Å². The number of thiocarbonyl (C=S) groups is 1. The number of nitrogens with one attached hydrogen (secondary N) is 2. The Kier molecular flexibility index (Phi) is 6.39. The van der Waals surface area contributed by atoms with Crippen LogP contribution < -0.4 is 10.6 Å². The van der Waals surface area contributed by atoms with Gasteiger partial charge in [-0.1, -0.05) is 6.08 Å². The lowest BCUT2D eigenvalue weighted by Crippen LogP contribution is -2.35. The summed E-state index contributed by atoms with van der Waals surface area (Å²) in [5.74, 6) is 0.584. The van der Waals surface area contributed by atoms with E-state index in [1.54, 1.807) is 10.6 Å². The predicted molar refractivity (Wildman–Crippen MR) is 111 cm³/mol. The molecule has 0 radical (unpaired) electrons. The molecule has 4 N–H and O–H groups in total. The molecule has 2 aliphatic rings. The number of fused-ring (bicyclic) bond motifs is 1. The molecule has 162 valence electrons. The molecule has 0 saturated carbocycles. The third-order valence-electron chi connectivity index (χ3n) is 5.01. The number of anilines is 1. The van der Waals surface area contributed by atoms with Crippen LogP contribution in [-0.4, -0.2) is 85.6 Å². The summed E-state index contributed by atoms with van der Waals surface area (Å²) in [6.07, 6.45) is 1.44. The van der Waals surface area contributed by atoms with E-state index in [0.29, 0.717) is 36.7 Å². The summed E-state index contributed by atoms with van der Waals surface area (Å²) in [6.45, 7) is 5.34. The topological polar surface area (TPSA) is 136 Å². The van der Waals surface area contributed by atoms with Crippen molar-refractivity contribution in [2.75, 3.05) is 31.7 Å². The van der Waals surface area contributed by atoms with E-state index in [1.165, 1.54) is 12.7 Å². The van der Waals surface area contributed by atoms with Crippen LogP contribution in [0.15, 0.2) is 25.3 Å². The minimum absolute atomic E-state index is 0.0200. The molecule has 0 bridgehead atoms. The minimum Gasteiger partial charge on any atom is -0.468 e. The highest BCUT2D eigenvalue weighted by atomic mass is 32.1. The van der Waals surface area contributed by atoms with Crippen LogP contribution in [0.2, 0.25) is 0 Å². The quantitative estimate of drug-likeness (QED) is 0.337. The van der Waals surface area contributed by atoms with Gasteiger partial charge in [0.1, 0.15) is 31.2 Å². The Morgan fingerprint density at radius 3 is 3.00 bits per heavy atom. The molecule has 0 amide bonds. The first kappa shape index (κ1) is 20.9. The summed E-state index contributed by atoms with van der Waals surface area (Å²) in [6, 6.07) is 0.156. The molecule has 4 unspecified atom stereocenters. The highest BCUT2D eigenvalue weighted by Crippen LogP contribution is 2.32. The highest BCUT2D eigenvalue weighted by Gasteiger charge is 2.44. The fourth-order valence-corrected chi connectivity index (χ4v) is 3.60. The first-order valence-corrected chi connectivity index (χ1v) is 10.0. The van der Waals surface area contributed by atoms with E-state index in [0.717, 1.165) is 6.42 Å². The fraction of sp³-hybridized carbons (Fsp3) is 0.556. The molecule has 0 aliphatic carbocycles. The zero-order valence-corrected chi connectivity index (χ0v) is 17.0. The van der Waals surface area contributed by atoms with Gasteiger partial charge in [-0.3, -0.25) is 4.57 Å². The van der Waals surface area contributed by atoms with Crippen molar-refractivity contribution in [3.8, 4) is 0 Å². The van der Waals surface area contributed by atoms with Crippen LogP contribution in [0, 0.1) is 0 Å². The predicted octanol–water partition coefficient (Wildman–Crippen LogP) is -0.277. The largest absolute Gasteiger partial charge is 0.468 e. The summed E-state index contributed by atoms with van der Waals surface area (Å²) >= 11 is 5.04. The second kappa shape index (κ2) is 9.18. The zero-order valence-electron chi connectivity index (χ0n) is 16.2. The maximum atomic E-state index is 10.5. The number of hydrogen-bond acceptors (Lipinski definition) is 10. The van der Waals surface area contributed by atoms with Crippen LogP contribution >= 0.6 is 12.2 Å². The minimum atomic E-state index is -1.19. The molecule has 2 aliphatic heterocycles. The molecule has 2 saturated heterocycles. The zero-order chi connectivity index (χ0) is 21.1. The highest BCUT2D eigenvalue weighted by molar-refractivity contribution is 7.80. The lowest BCUT2D eigenvalue weighted by atomic mass is 10.1. The van der Waals surface area contributed by atoms with E-state index >= 15 is 0 Å². The van der Waals surface area contributed by atoms with Crippen LogP contribution in [0.1, 0.15) is 12.6 Å². The molecule has 4 rings (SSSR count). The van der Waals surface area contributed by atoms with Crippen molar-refractivity contribution >= 4 is 34.4 Å². The molecule has 12 heteroatoms. The molecule has 2 aromatic rings. The Labute approximate surface area is 178 Å². The van der Waals surface area contributed by atoms with E-state index in [-0.39, 0.29) is 17.8 Å². The molecule has 5 atom stereocenters. The first-order chi connectivity index (χ1) is 14.6. The van der Waals surface area contributed by atoms with Gasteiger partial charge in [0.2, 0.25) is 0 Å². The van der Waals surface area contributed by atoms with E-state index in [1.807, 2.05) is 0 Å². The van der Waals surface area contributed by atoms with Crippen molar-refractivity contribution in [2.45, 2.75) is 37.0 Å². The second-order valence-corrected chi connectivity index (χ2v) is 7.44. The average molecular weight is 436 g/mol. The van der Waals surface area contributed by atoms with Gasteiger partial charge >= 0.3 is 0 Å². The van der Waals surface area contributed by atoms with Crippen LogP contribution in [0.4, 0.5) is 5.82 Å². The Morgan fingerprint density at radius 1 is 1.37 bits per heavy atom. The summed E-state index contributed by atoms with van der Waals surface area (Å²) in [5, 5.41) is 27.3. The maximum Gasteiger partial charge on any atom is 0.256 e. The lowest BCUT2D eigenvalue weighted by molar-refractivity contribution is -0.0491. The number of aromatic nitrogens is 4. The number of aliphatic hydroxyl groups excluding tert-OH is 2. The molecule has 4 heterocycles. The van der Waals surface area contributed by atoms with Crippen molar-refractivity contribution < 1.29 is 24.4 Å². The van der Waals surface area contributed by atoms with E-state index in [9.17, 15) is 10.2 Å². The van der Waals surface area contributed by atoms with Crippen molar-refractivity contribution in [2.24, 2.45) is 0 Å². The molecule has 2 fully saturated rings. The van der Waals surface area contributed by atoms with Crippen LogP contribution in [0.5, 0.6) is 0 Å². The smallest absolute Gasteiger partial charge is 0.256 e. The number of aliphatic hydroxyl groups is 2. The second-order valence-electron chi connectivity index (χ2n) is 7.07. The van der Waals surface area contributed by atoms with E-state index in [2.05, 4.69) is 32.2 Å². The standard InChI is InChI=1S/C18H24N6O5S/c1-2-4-19-18(30)28-7-11-13(25)14(26)17(29-11)24-9-22-12-15(20-8-21-16(12)24)23-10-3-5-27-6-10/h2,8-11,13-14,17,25-26H,1,3-7H2,(H,19,30)(H,20,21,23)/t10-,11?,13?,14?,17?/m1/s1. The van der Waals surface area contributed by atoms with Gasteiger partial charge in [0, 0.05) is 13.2 Å². The van der Waals surface area contributed by atoms with Gasteiger partial charge in [0.15, 0.2) is 23.2 Å². The molecular weight excluding hydrogens is 412 g/mol. The summed E-state index contributed by atoms with van der Waals surface area (Å²) in [5.41, 5.74) is 1.02. The number of imidazole rings is 1. The lowest BCUT2D eigenvalue weighted by Gasteiger charge is -2.17. The van der Waals surface area contributed by atoms with Crippen LogP contribution in [-0.2, 0) is 14.2 Å². The van der Waals surface area contributed by atoms with Crippen molar-refractivity contribution in [1.82, 2.24) is 24.8 Å². The average Bonchev–Trinajstić information content (AvgIpc) is 3.47. The van der Waals surface area contributed by atoms with Crippen molar-refractivity contribution in [3.63, 3.8) is 0 Å². The normalized spacial score (nSPS) is 28.5. The van der Waals surface area contributed by atoms with Gasteiger partial charge < -0.3 is 35.1 Å². The third kappa shape index (κ3) is 4.23. The molecule has 0 aromatic carbocycles.